The molecule has 11 aliphatic rings. The van der Waals surface area contributed by atoms with E-state index in [0.717, 1.165) is 55.6 Å². The number of carbonyl (C=O) groups is 2. The van der Waals surface area contributed by atoms with Gasteiger partial charge in [0.1, 0.15) is 30.4 Å². The predicted octanol–water partition coefficient (Wildman–Crippen LogP) is 1.75. The van der Waals surface area contributed by atoms with E-state index in [2.05, 4.69) is 74.1 Å². The number of hydrogen-bond acceptors (Lipinski definition) is 18. The summed E-state index contributed by atoms with van der Waals surface area (Å²) in [6.45, 7) is 9.30. The highest BCUT2D eigenvalue weighted by atomic mass is 16.7. The summed E-state index contributed by atoms with van der Waals surface area (Å²) >= 11 is 0. The number of fused-ring (bicyclic) bond motifs is 13. The van der Waals surface area contributed by atoms with E-state index < -0.39 is 147 Å². The van der Waals surface area contributed by atoms with Gasteiger partial charge in [0.2, 0.25) is 5.91 Å². The van der Waals surface area contributed by atoms with Gasteiger partial charge in [0, 0.05) is 74.9 Å². The normalized spacial score (nSPS) is 46.0. The van der Waals surface area contributed by atoms with Crippen LogP contribution in [0.2, 0.25) is 0 Å². The first-order valence-electron chi connectivity index (χ1n) is 34.1. The number of allylic oxidation sites excluding steroid dienone is 3. The lowest BCUT2D eigenvalue weighted by atomic mass is 9.27. The molecule has 2 saturated heterocycles. The van der Waals surface area contributed by atoms with Gasteiger partial charge in [-0.15, -0.1) is 0 Å². The van der Waals surface area contributed by atoms with Crippen molar-refractivity contribution in [3.05, 3.63) is 54.0 Å². The van der Waals surface area contributed by atoms with Crippen LogP contribution in [0, 0.1) is 97.1 Å². The average molecular weight is 1270 g/mol. The van der Waals surface area contributed by atoms with Gasteiger partial charge in [0.05, 0.1) is 72.2 Å². The Bertz CT molecular complexity index is 3100. The largest absolute Gasteiger partial charge is 0.481 e. The molecule has 0 radical (unpaired) electrons. The third-order valence-electron chi connectivity index (χ3n) is 28.0. The van der Waals surface area contributed by atoms with E-state index in [9.17, 15) is 50.8 Å². The zero-order valence-electron chi connectivity index (χ0n) is 53.6. The summed E-state index contributed by atoms with van der Waals surface area (Å²) in [6, 6.07) is -0.883. The first-order chi connectivity index (χ1) is 43.4. The molecule has 1 spiro atoms. The minimum atomic E-state index is -1.72. The number of carbonyl (C=O) groups excluding carboxylic acids is 1. The quantitative estimate of drug-likeness (QED) is 0.0284. The van der Waals surface area contributed by atoms with Crippen LogP contribution in [0.1, 0.15) is 129 Å². The molecule has 24 nitrogen and oxygen atoms in total. The third-order valence-corrected chi connectivity index (χ3v) is 28.0. The summed E-state index contributed by atoms with van der Waals surface area (Å²) in [7, 11) is 1.58. The van der Waals surface area contributed by atoms with Crippen molar-refractivity contribution in [2.24, 2.45) is 114 Å². The molecule has 3 aliphatic heterocycles. The maximum atomic E-state index is 15.9. The summed E-state index contributed by atoms with van der Waals surface area (Å²) in [5.74, 6) is -4.85. The lowest BCUT2D eigenvalue weighted by Gasteiger charge is -2.77. The van der Waals surface area contributed by atoms with Crippen molar-refractivity contribution in [2.75, 3.05) is 58.4 Å². The molecule has 91 heavy (non-hydrogen) atoms. The molecule has 2 aromatic heterocycles. The summed E-state index contributed by atoms with van der Waals surface area (Å²) in [5, 5.41) is 123. The Hall–Kier alpha value is -4.57. The Morgan fingerprint density at radius 1 is 0.912 bits per heavy atom. The lowest BCUT2D eigenvalue weighted by Crippen LogP contribution is -2.77. The Morgan fingerprint density at radius 3 is 2.35 bits per heavy atom. The number of nitrogens with zero attached hydrogens (tertiary/aromatic N) is 3. The lowest BCUT2D eigenvalue weighted by molar-refractivity contribution is -0.354. The number of aliphatic carboxylic acids is 1. The van der Waals surface area contributed by atoms with Crippen LogP contribution in [0.15, 0.2) is 47.6 Å². The number of amides is 1. The van der Waals surface area contributed by atoms with E-state index in [-0.39, 0.29) is 55.3 Å². The molecule has 2 aromatic rings. The van der Waals surface area contributed by atoms with Gasteiger partial charge in [-0.05, 0) is 134 Å². The van der Waals surface area contributed by atoms with Crippen LogP contribution in [-0.2, 0) is 30.9 Å². The summed E-state index contributed by atoms with van der Waals surface area (Å²) in [6.07, 6.45) is 9.16. The molecule has 1 amide bonds. The van der Waals surface area contributed by atoms with Crippen LogP contribution < -0.4 is 32.7 Å². The standard InChI is InChI=1S/C67H103N11O13/c1-60(30-79)20-21-65(58(88)89)39(25-60)37-12-13-44-62(3,63(37,4)38-24-41-55(77-33-75-41)74-27-40(38)65)18-15-43-61(2,31-80)53(91-56-50(84)48(82)42(81)29-90-56)49(83)46(67(43,44)34-10-6-7-11-34)35-14-19-66(45-28-72-32-76-45,51-47(35)64(57(87)78-51)16-8-9-17-64)52(85)36(54(68)86)26-71-22-23-73-59(69)70-5/h12,14,19,28,32-36,38-40,42-44,46-54,56,71,74,79-86H,6-11,13,15-18,20-27,29-31,68H2,1-5H3,(H,72,76)(H,75,77)(H,78,87)(H,88,89)(H3,69,70,73)/t35-,36+,38+,39+,40+,42-,43-,44+,46+,47-,48+,49-,50-,51+,52+,53-,54+,56+,60+,61+,62-,63+,65-,66-,67+/m1/s1. The van der Waals surface area contributed by atoms with Crippen molar-refractivity contribution < 1.29 is 65.0 Å². The second kappa shape index (κ2) is 23.7. The molecular weight excluding hydrogens is 1170 g/mol. The van der Waals surface area contributed by atoms with Gasteiger partial charge < -0.3 is 98.1 Å². The predicted molar refractivity (Wildman–Crippen MR) is 335 cm³/mol. The SMILES string of the molecule is CN=C(N)NCCNC[C@H]([C@@H](N)O)[C@H](O)[C@@]1(c2cnc[nH]2)C=C[C@H]([C@H]2[C@@H](O)[C@@H](O[C@@H]3OC[C@@H](O)[C@H](O)[C@H]3O)[C@@](C)(CO)[C@H]3CC[C@]4(C)[C@H](CC=C5[C@@H]6C[C@@](C)(CO)CC[C@]6(C(=O)O)[C@H]6CNc7nc[nH]c7C[C@@H]6[C@]54C)[C@@]23C2CCCC2)[C@@H]2[C@@H]1NC(=O)C21CCCC1. The fourth-order valence-electron chi connectivity index (χ4n) is 23.6. The summed E-state index contributed by atoms with van der Waals surface area (Å²) in [5.41, 5.74) is 7.34. The molecule has 5 heterocycles. The monoisotopic (exact) mass is 1270 g/mol. The van der Waals surface area contributed by atoms with Gasteiger partial charge in [-0.1, -0.05) is 77.2 Å². The molecule has 504 valence electrons. The van der Waals surface area contributed by atoms with Crippen LogP contribution in [-0.4, -0.2) is 192 Å². The van der Waals surface area contributed by atoms with Gasteiger partial charge in [-0.2, -0.15) is 0 Å². The van der Waals surface area contributed by atoms with Gasteiger partial charge in [-0.3, -0.25) is 14.6 Å². The van der Waals surface area contributed by atoms with Gasteiger partial charge in [-0.25, -0.2) is 9.97 Å². The number of imidazole rings is 2. The van der Waals surface area contributed by atoms with E-state index in [4.69, 9.17) is 25.9 Å². The molecule has 25 atom stereocenters. The molecule has 13 rings (SSSR count). The number of rotatable bonds is 16. The highest BCUT2D eigenvalue weighted by Crippen LogP contribution is 2.82. The molecule has 24 heteroatoms. The number of anilines is 1. The highest BCUT2D eigenvalue weighted by Gasteiger charge is 2.81. The van der Waals surface area contributed by atoms with Crippen molar-refractivity contribution in [1.29, 1.82) is 0 Å². The number of aliphatic imine (C=N–C) groups is 1. The zero-order valence-corrected chi connectivity index (χ0v) is 53.6. The van der Waals surface area contributed by atoms with Crippen LogP contribution >= 0.6 is 0 Å². The number of aromatic nitrogens is 4. The Labute approximate surface area is 533 Å². The maximum absolute atomic E-state index is 15.9. The first-order valence-corrected chi connectivity index (χ1v) is 34.1. The number of aliphatic hydroxyl groups excluding tert-OH is 8. The van der Waals surface area contributed by atoms with Crippen LogP contribution in [0.4, 0.5) is 5.82 Å². The molecule has 0 bridgehead atoms. The number of nitrogens with one attached hydrogen (secondary N) is 6. The van der Waals surface area contributed by atoms with Gasteiger partial charge in [0.25, 0.3) is 0 Å². The Kier molecular flexibility index (Phi) is 16.9. The van der Waals surface area contributed by atoms with Crippen molar-refractivity contribution >= 4 is 23.7 Å². The van der Waals surface area contributed by atoms with Crippen LogP contribution in [0.25, 0.3) is 0 Å². The zero-order chi connectivity index (χ0) is 64.6. The van der Waals surface area contributed by atoms with E-state index in [1.54, 1.807) is 19.6 Å². The van der Waals surface area contributed by atoms with E-state index in [0.29, 0.717) is 83.1 Å². The number of aliphatic hydroxyl groups is 8. The van der Waals surface area contributed by atoms with Crippen molar-refractivity contribution in [2.45, 2.75) is 185 Å². The fraction of sp³-hybridized carbons (Fsp3) is 0.806. The minimum Gasteiger partial charge on any atom is -0.481 e. The highest BCUT2D eigenvalue weighted by molar-refractivity contribution is 5.87. The van der Waals surface area contributed by atoms with E-state index in [1.807, 2.05) is 13.0 Å². The molecule has 8 fully saturated rings. The fourth-order valence-corrected chi connectivity index (χ4v) is 23.6. The smallest absolute Gasteiger partial charge is 0.310 e. The number of aromatic amines is 2. The number of ether oxygens (including phenoxy) is 2. The number of carboxylic acids is 1. The Morgan fingerprint density at radius 2 is 1.67 bits per heavy atom. The van der Waals surface area contributed by atoms with Crippen LogP contribution in [0.3, 0.4) is 0 Å². The van der Waals surface area contributed by atoms with Gasteiger partial charge >= 0.3 is 5.97 Å². The minimum absolute atomic E-state index is 0.0573. The number of guanidine groups is 1. The van der Waals surface area contributed by atoms with Crippen molar-refractivity contribution in [3.63, 3.8) is 0 Å². The van der Waals surface area contributed by atoms with Gasteiger partial charge in [0.15, 0.2) is 12.2 Å². The second-order valence-corrected chi connectivity index (χ2v) is 31.2. The van der Waals surface area contributed by atoms with Crippen LogP contribution in [0.5, 0.6) is 0 Å². The molecule has 8 aliphatic carbocycles. The van der Waals surface area contributed by atoms with E-state index >= 15 is 4.79 Å². The number of carboxylic acid groups (broad SMARTS) is 1. The summed E-state index contributed by atoms with van der Waals surface area (Å²) in [4.78, 5) is 50.8. The molecule has 6 saturated carbocycles. The Balaban J connectivity index is 1.05. The molecule has 0 unspecified atom stereocenters. The van der Waals surface area contributed by atoms with E-state index in [1.165, 1.54) is 6.33 Å². The average Bonchev–Trinajstić information content (AvgIpc) is 0.723. The number of H-pyrrole nitrogens is 2. The number of nitrogens with two attached hydrogens (primary N) is 2. The molecule has 0 aromatic carbocycles. The van der Waals surface area contributed by atoms with Crippen molar-refractivity contribution in [1.82, 2.24) is 35.9 Å². The summed E-state index contributed by atoms with van der Waals surface area (Å²) < 4.78 is 13.2. The first kappa shape index (κ1) is 65.1. The second-order valence-electron chi connectivity index (χ2n) is 31.2. The molecule has 19 N–H and O–H groups in total. The maximum Gasteiger partial charge on any atom is 0.310 e. The number of hydrogen-bond donors (Lipinski definition) is 17. The van der Waals surface area contributed by atoms with Crippen molar-refractivity contribution in [3.8, 4) is 0 Å². The topological polar surface area (TPSA) is 405 Å². The third kappa shape index (κ3) is 9.19. The molecular formula is C67H103N11O13.